The van der Waals surface area contributed by atoms with Crippen LogP contribution >= 0.6 is 15.9 Å². The fourth-order valence-corrected chi connectivity index (χ4v) is 2.86. The summed E-state index contributed by atoms with van der Waals surface area (Å²) in [6, 6.07) is 3.14. The fraction of sp³-hybridized carbons (Fsp3) is 0.222. The van der Waals surface area contributed by atoms with Gasteiger partial charge >= 0.3 is 5.51 Å². The summed E-state index contributed by atoms with van der Waals surface area (Å²) in [7, 11) is -5.46. The molecule has 0 spiro atoms. The van der Waals surface area contributed by atoms with Gasteiger partial charge in [0.25, 0.3) is 9.84 Å². The lowest BCUT2D eigenvalue weighted by atomic mass is 10.3. The quantitative estimate of drug-likeness (QED) is 0.896. The molecule has 0 unspecified atom stereocenters. The molecule has 4 nitrogen and oxygen atoms in total. The molecule has 0 atom stereocenters. The Balaban J connectivity index is 3.37. The van der Waals surface area contributed by atoms with Gasteiger partial charge in [0.1, 0.15) is 0 Å². The predicted molar refractivity (Wildman–Crippen MR) is 61.7 cm³/mol. The Morgan fingerprint density at radius 1 is 1.33 bits per heavy atom. The highest BCUT2D eigenvalue weighted by atomic mass is 79.9. The normalized spacial score (nSPS) is 12.3. The SMILES string of the molecule is CC(=O)Nc1ccc(Br)c(S(=O)(=O)C(F)(F)F)c1. The molecule has 0 radical (unpaired) electrons. The maximum atomic E-state index is 12.4. The average Bonchev–Trinajstić information content (AvgIpc) is 2.18. The molecular formula is C9H7BrF3NO3S. The monoisotopic (exact) mass is 345 g/mol. The van der Waals surface area contributed by atoms with Gasteiger partial charge < -0.3 is 5.32 Å². The van der Waals surface area contributed by atoms with E-state index in [4.69, 9.17) is 0 Å². The topological polar surface area (TPSA) is 63.2 Å². The van der Waals surface area contributed by atoms with Crippen molar-refractivity contribution in [3.63, 3.8) is 0 Å². The summed E-state index contributed by atoms with van der Waals surface area (Å²) in [6.45, 7) is 1.15. The molecule has 0 bridgehead atoms. The first-order chi connectivity index (χ1) is 8.05. The first-order valence-electron chi connectivity index (χ1n) is 4.44. The Labute approximate surface area is 109 Å². The van der Waals surface area contributed by atoms with Crippen LogP contribution in [0.25, 0.3) is 0 Å². The Morgan fingerprint density at radius 3 is 2.33 bits per heavy atom. The van der Waals surface area contributed by atoms with Crippen LogP contribution in [0.15, 0.2) is 27.6 Å². The molecule has 0 saturated heterocycles. The van der Waals surface area contributed by atoms with Gasteiger partial charge in [0.15, 0.2) is 0 Å². The lowest BCUT2D eigenvalue weighted by Gasteiger charge is -2.11. The lowest BCUT2D eigenvalue weighted by Crippen LogP contribution is -2.23. The second kappa shape index (κ2) is 4.88. The van der Waals surface area contributed by atoms with Gasteiger partial charge in [-0.3, -0.25) is 4.79 Å². The van der Waals surface area contributed by atoms with Crippen molar-refractivity contribution in [3.05, 3.63) is 22.7 Å². The first-order valence-corrected chi connectivity index (χ1v) is 6.72. The van der Waals surface area contributed by atoms with Gasteiger partial charge in [0.05, 0.1) is 4.90 Å². The number of benzene rings is 1. The maximum absolute atomic E-state index is 12.4. The molecule has 0 aromatic heterocycles. The standard InChI is InChI=1S/C9H7BrF3NO3S/c1-5(15)14-6-2-3-7(10)8(4-6)18(16,17)9(11,12)13/h2-4H,1H3,(H,14,15). The zero-order valence-electron chi connectivity index (χ0n) is 8.88. The number of hydrogen-bond donors (Lipinski definition) is 1. The van der Waals surface area contributed by atoms with Crippen LogP contribution in [0, 0.1) is 0 Å². The molecular weight excluding hydrogens is 339 g/mol. The maximum Gasteiger partial charge on any atom is 0.501 e. The van der Waals surface area contributed by atoms with Crippen molar-refractivity contribution in [2.45, 2.75) is 17.3 Å². The molecule has 0 aliphatic carbocycles. The van der Waals surface area contributed by atoms with Gasteiger partial charge in [0, 0.05) is 17.1 Å². The van der Waals surface area contributed by atoms with Crippen molar-refractivity contribution in [1.82, 2.24) is 0 Å². The van der Waals surface area contributed by atoms with Crippen molar-refractivity contribution in [2.24, 2.45) is 0 Å². The molecule has 1 aromatic rings. The summed E-state index contributed by atoms with van der Waals surface area (Å²) in [4.78, 5) is 9.82. The molecule has 0 aliphatic rings. The molecule has 9 heteroatoms. The van der Waals surface area contributed by atoms with E-state index < -0.39 is 26.1 Å². The fourth-order valence-electron chi connectivity index (χ4n) is 1.11. The first kappa shape index (κ1) is 15.0. The molecule has 0 heterocycles. The smallest absolute Gasteiger partial charge is 0.326 e. The van der Waals surface area contributed by atoms with Gasteiger partial charge in [-0.15, -0.1) is 0 Å². The second-order valence-electron chi connectivity index (χ2n) is 3.28. The van der Waals surface area contributed by atoms with E-state index in [9.17, 15) is 26.4 Å². The second-order valence-corrected chi connectivity index (χ2v) is 6.04. The van der Waals surface area contributed by atoms with Gasteiger partial charge in [-0.25, -0.2) is 8.42 Å². The minimum atomic E-state index is -5.46. The Bertz CT molecular complexity index is 583. The van der Waals surface area contributed by atoms with E-state index in [2.05, 4.69) is 21.2 Å². The summed E-state index contributed by atoms with van der Waals surface area (Å²) in [5, 5.41) is 2.20. The van der Waals surface area contributed by atoms with Crippen LogP contribution < -0.4 is 5.32 Å². The third kappa shape index (κ3) is 3.02. The van der Waals surface area contributed by atoms with E-state index in [1.165, 1.54) is 6.07 Å². The molecule has 1 amide bonds. The molecule has 0 saturated carbocycles. The number of amides is 1. The zero-order chi connectivity index (χ0) is 14.1. The van der Waals surface area contributed by atoms with E-state index in [1.54, 1.807) is 0 Å². The summed E-state index contributed by atoms with van der Waals surface area (Å²) >= 11 is 2.73. The summed E-state index contributed by atoms with van der Waals surface area (Å²) in [5.41, 5.74) is -5.43. The highest BCUT2D eigenvalue weighted by molar-refractivity contribution is 9.10. The van der Waals surface area contributed by atoms with Gasteiger partial charge in [0.2, 0.25) is 5.91 Å². The molecule has 0 fully saturated rings. The number of alkyl halides is 3. The highest BCUT2D eigenvalue weighted by Gasteiger charge is 2.47. The minimum Gasteiger partial charge on any atom is -0.326 e. The van der Waals surface area contributed by atoms with Gasteiger partial charge in [-0.2, -0.15) is 13.2 Å². The van der Waals surface area contributed by atoms with Crippen molar-refractivity contribution < 1.29 is 26.4 Å². The molecule has 1 aromatic carbocycles. The minimum absolute atomic E-state index is 0.0338. The van der Waals surface area contributed by atoms with Crippen LogP contribution in [0.5, 0.6) is 0 Å². The largest absolute Gasteiger partial charge is 0.501 e. The van der Waals surface area contributed by atoms with Crippen molar-refractivity contribution in [2.75, 3.05) is 5.32 Å². The third-order valence-corrected chi connectivity index (χ3v) is 4.33. The molecule has 1 N–H and O–H groups in total. The van der Waals surface area contributed by atoms with Gasteiger partial charge in [-0.1, -0.05) is 0 Å². The van der Waals surface area contributed by atoms with Crippen LogP contribution in [0.2, 0.25) is 0 Å². The number of nitrogens with one attached hydrogen (secondary N) is 1. The predicted octanol–water partition coefficient (Wildman–Crippen LogP) is 2.70. The number of anilines is 1. The van der Waals surface area contributed by atoms with E-state index >= 15 is 0 Å². The molecule has 0 aliphatic heterocycles. The lowest BCUT2D eigenvalue weighted by molar-refractivity contribution is -0.114. The number of hydrogen-bond acceptors (Lipinski definition) is 3. The van der Waals surface area contributed by atoms with E-state index in [0.29, 0.717) is 0 Å². The van der Waals surface area contributed by atoms with Crippen molar-refractivity contribution in [1.29, 1.82) is 0 Å². The molecule has 1 rings (SSSR count). The average molecular weight is 346 g/mol. The van der Waals surface area contributed by atoms with Crippen LogP contribution in [-0.4, -0.2) is 19.8 Å². The van der Waals surface area contributed by atoms with E-state index in [0.717, 1.165) is 19.1 Å². The number of carbonyl (C=O) groups excluding carboxylic acids is 1. The number of rotatable bonds is 2. The number of carbonyl (C=O) groups is 1. The van der Waals surface area contributed by atoms with Crippen LogP contribution in [0.3, 0.4) is 0 Å². The van der Waals surface area contributed by atoms with E-state index in [-0.39, 0.29) is 10.2 Å². The number of sulfone groups is 1. The Hall–Kier alpha value is -1.09. The van der Waals surface area contributed by atoms with E-state index in [1.807, 2.05) is 0 Å². The summed E-state index contributed by atoms with van der Waals surface area (Å²) < 4.78 is 59.5. The van der Waals surface area contributed by atoms with Gasteiger partial charge in [-0.05, 0) is 34.1 Å². The number of halogens is 4. The Morgan fingerprint density at radius 2 is 1.89 bits per heavy atom. The van der Waals surface area contributed by atoms with Crippen molar-refractivity contribution in [3.8, 4) is 0 Å². The third-order valence-electron chi connectivity index (χ3n) is 1.85. The summed E-state index contributed by atoms with van der Waals surface area (Å²) in [5.74, 6) is -0.521. The summed E-state index contributed by atoms with van der Waals surface area (Å²) in [6.07, 6.45) is 0. The van der Waals surface area contributed by atoms with Crippen molar-refractivity contribution >= 4 is 37.4 Å². The zero-order valence-corrected chi connectivity index (χ0v) is 11.3. The molecule has 18 heavy (non-hydrogen) atoms. The highest BCUT2D eigenvalue weighted by Crippen LogP contribution is 2.35. The molecule has 100 valence electrons. The van der Waals surface area contributed by atoms with Crippen LogP contribution in [0.1, 0.15) is 6.92 Å². The Kier molecular flexibility index (Phi) is 4.06. The van der Waals surface area contributed by atoms with Crippen LogP contribution in [0.4, 0.5) is 18.9 Å². The van der Waals surface area contributed by atoms with Crippen LogP contribution in [-0.2, 0) is 14.6 Å².